The molecule has 0 bridgehead atoms. The molecule has 1 aromatic carbocycles. The lowest BCUT2D eigenvalue weighted by molar-refractivity contribution is -0.881. The molecule has 0 heterocycles. The van der Waals surface area contributed by atoms with E-state index >= 15 is 0 Å². The number of hydrogen-bond donors (Lipinski definition) is 3. The van der Waals surface area contributed by atoms with E-state index in [9.17, 15) is 14.4 Å². The first-order chi connectivity index (χ1) is 12.0. The first kappa shape index (κ1) is 18.9. The number of anilines is 1. The topological polar surface area (TPSA) is 88.9 Å². The van der Waals surface area contributed by atoms with Crippen LogP contribution in [0.15, 0.2) is 18.2 Å². The van der Waals surface area contributed by atoms with Crippen molar-refractivity contribution < 1.29 is 24.0 Å². The van der Waals surface area contributed by atoms with Crippen molar-refractivity contribution in [3.63, 3.8) is 0 Å². The van der Waals surface area contributed by atoms with Crippen LogP contribution in [0.5, 0.6) is 0 Å². The smallest absolute Gasteiger partial charge is 0.414 e. The molecule has 1 unspecified atom stereocenters. The number of likely N-dealkylation sites (N-methyl/N-ethyl adjacent to an activating group) is 1. The van der Waals surface area contributed by atoms with Gasteiger partial charge < -0.3 is 15.0 Å². The van der Waals surface area contributed by atoms with Crippen molar-refractivity contribution in [2.24, 2.45) is 0 Å². The molecule has 2 rings (SSSR count). The fraction of sp³-hybridized carbons (Fsp3) is 0.500. The number of aryl methyl sites for hydroxylation is 2. The molecule has 0 saturated heterocycles. The summed E-state index contributed by atoms with van der Waals surface area (Å²) in [5, 5.41) is 5.03. The summed E-state index contributed by atoms with van der Waals surface area (Å²) in [5.74, 6) is -0.612. The van der Waals surface area contributed by atoms with Gasteiger partial charge in [0.15, 0.2) is 13.1 Å². The highest BCUT2D eigenvalue weighted by atomic mass is 16.5. The number of rotatable bonds is 7. The Labute approximate surface area is 147 Å². The summed E-state index contributed by atoms with van der Waals surface area (Å²) in [6, 6.07) is 6.01. The maximum atomic E-state index is 12.2. The number of ether oxygens (including phenoxy) is 1. The summed E-state index contributed by atoms with van der Waals surface area (Å²) in [5.41, 5.74) is 3.44. The molecule has 1 atom stereocenters. The van der Waals surface area contributed by atoms with Gasteiger partial charge in [-0.15, -0.1) is 0 Å². The lowest BCUT2D eigenvalue weighted by atomic mass is 10.1. The zero-order valence-electron chi connectivity index (χ0n) is 14.8. The van der Waals surface area contributed by atoms with Crippen LogP contribution in [0.4, 0.5) is 10.5 Å². The predicted molar refractivity (Wildman–Crippen MR) is 93.5 cm³/mol. The molecule has 3 N–H and O–H groups in total. The summed E-state index contributed by atoms with van der Waals surface area (Å²) in [6.45, 7) is 4.53. The molecule has 25 heavy (non-hydrogen) atoms. The largest absolute Gasteiger partial charge is 0.450 e. The highest BCUT2D eigenvalue weighted by Gasteiger charge is 2.19. The lowest BCUT2D eigenvalue weighted by Gasteiger charge is -2.16. The van der Waals surface area contributed by atoms with Gasteiger partial charge in [0.1, 0.15) is 0 Å². The fourth-order valence-electron chi connectivity index (χ4n) is 2.95. The van der Waals surface area contributed by atoms with Crippen molar-refractivity contribution in [1.29, 1.82) is 0 Å². The Bertz CT molecular complexity index is 645. The minimum absolute atomic E-state index is 0.0346. The van der Waals surface area contributed by atoms with E-state index in [1.807, 2.05) is 19.1 Å². The van der Waals surface area contributed by atoms with E-state index in [2.05, 4.69) is 21.4 Å². The fourth-order valence-corrected chi connectivity index (χ4v) is 2.95. The second-order valence-corrected chi connectivity index (χ2v) is 6.11. The van der Waals surface area contributed by atoms with Crippen LogP contribution in [0.3, 0.4) is 0 Å². The Hall–Kier alpha value is -2.41. The number of amides is 3. The molecule has 0 saturated carbocycles. The molecular formula is C18H26N3O4+. The molecule has 0 fully saturated rings. The molecule has 1 aliphatic carbocycles. The minimum atomic E-state index is -0.759. The summed E-state index contributed by atoms with van der Waals surface area (Å²) in [4.78, 5) is 36.0. The Balaban J connectivity index is 1.83. The molecule has 1 aliphatic rings. The first-order valence-corrected chi connectivity index (χ1v) is 8.73. The minimum Gasteiger partial charge on any atom is -0.450 e. The average Bonchev–Trinajstić information content (AvgIpc) is 3.01. The lowest BCUT2D eigenvalue weighted by Crippen LogP contribution is -3.14. The van der Waals surface area contributed by atoms with Crippen LogP contribution in [0.1, 0.15) is 31.4 Å². The quantitative estimate of drug-likeness (QED) is 0.661. The van der Waals surface area contributed by atoms with E-state index in [1.165, 1.54) is 11.1 Å². The molecular weight excluding hydrogens is 322 g/mol. The maximum Gasteiger partial charge on any atom is 0.414 e. The average molecular weight is 348 g/mol. The molecule has 3 amide bonds. The third-order valence-corrected chi connectivity index (χ3v) is 4.22. The van der Waals surface area contributed by atoms with Crippen LogP contribution >= 0.6 is 0 Å². The van der Waals surface area contributed by atoms with Gasteiger partial charge in [0.2, 0.25) is 0 Å². The van der Waals surface area contributed by atoms with Crippen molar-refractivity contribution >= 4 is 23.6 Å². The summed E-state index contributed by atoms with van der Waals surface area (Å²) in [7, 11) is 0. The first-order valence-electron chi connectivity index (χ1n) is 8.73. The molecule has 0 radical (unpaired) electrons. The van der Waals surface area contributed by atoms with Gasteiger partial charge >= 0.3 is 6.09 Å². The number of alkyl carbamates (subject to hydrolysis) is 1. The number of carbonyl (C=O) groups is 3. The van der Waals surface area contributed by atoms with Crippen molar-refractivity contribution in [2.75, 3.05) is 31.6 Å². The summed E-state index contributed by atoms with van der Waals surface area (Å²) < 4.78 is 4.66. The van der Waals surface area contributed by atoms with E-state index in [-0.39, 0.29) is 25.6 Å². The van der Waals surface area contributed by atoms with E-state index in [4.69, 9.17) is 0 Å². The number of nitrogens with one attached hydrogen (secondary N) is 3. The van der Waals surface area contributed by atoms with Gasteiger partial charge in [-0.05, 0) is 56.4 Å². The molecule has 1 aromatic rings. The Morgan fingerprint density at radius 1 is 1.08 bits per heavy atom. The number of carbonyl (C=O) groups excluding carboxylic acids is 3. The summed E-state index contributed by atoms with van der Waals surface area (Å²) in [6.07, 6.45) is 2.56. The van der Waals surface area contributed by atoms with Gasteiger partial charge in [-0.2, -0.15) is 0 Å². The van der Waals surface area contributed by atoms with Crippen molar-refractivity contribution in [1.82, 2.24) is 5.32 Å². The second-order valence-electron chi connectivity index (χ2n) is 6.11. The Morgan fingerprint density at radius 3 is 2.52 bits per heavy atom. The second kappa shape index (κ2) is 9.17. The van der Waals surface area contributed by atoms with Gasteiger partial charge in [-0.25, -0.2) is 4.79 Å². The number of quaternary nitrogens is 1. The number of imide groups is 1. The van der Waals surface area contributed by atoms with E-state index in [0.717, 1.165) is 29.8 Å². The van der Waals surface area contributed by atoms with Crippen LogP contribution in [-0.2, 0) is 27.2 Å². The van der Waals surface area contributed by atoms with Gasteiger partial charge in [0.25, 0.3) is 11.8 Å². The van der Waals surface area contributed by atoms with Gasteiger partial charge in [-0.3, -0.25) is 14.9 Å². The van der Waals surface area contributed by atoms with Crippen LogP contribution in [0.2, 0.25) is 0 Å². The molecule has 7 heteroatoms. The van der Waals surface area contributed by atoms with Crippen molar-refractivity contribution in [3.05, 3.63) is 29.3 Å². The van der Waals surface area contributed by atoms with Gasteiger partial charge in [-0.1, -0.05) is 6.07 Å². The highest BCUT2D eigenvalue weighted by Crippen LogP contribution is 2.24. The van der Waals surface area contributed by atoms with Crippen molar-refractivity contribution in [3.8, 4) is 0 Å². The monoisotopic (exact) mass is 348 g/mol. The van der Waals surface area contributed by atoms with Crippen LogP contribution in [0, 0.1) is 0 Å². The third-order valence-electron chi connectivity index (χ3n) is 4.22. The van der Waals surface area contributed by atoms with E-state index < -0.39 is 12.0 Å². The zero-order valence-corrected chi connectivity index (χ0v) is 14.8. The van der Waals surface area contributed by atoms with Crippen molar-refractivity contribution in [2.45, 2.75) is 33.1 Å². The number of fused-ring (bicyclic) bond motifs is 1. The third kappa shape index (κ3) is 5.86. The van der Waals surface area contributed by atoms with Gasteiger partial charge in [0.05, 0.1) is 13.2 Å². The summed E-state index contributed by atoms with van der Waals surface area (Å²) >= 11 is 0. The van der Waals surface area contributed by atoms with Gasteiger partial charge in [0, 0.05) is 5.69 Å². The van der Waals surface area contributed by atoms with Crippen LogP contribution < -0.4 is 15.5 Å². The Morgan fingerprint density at radius 2 is 1.80 bits per heavy atom. The predicted octanol–water partition coefficient (Wildman–Crippen LogP) is 0.291. The zero-order chi connectivity index (χ0) is 18.2. The molecule has 0 spiro atoms. The number of hydrogen-bond acceptors (Lipinski definition) is 4. The van der Waals surface area contributed by atoms with Crippen LogP contribution in [0.25, 0.3) is 0 Å². The van der Waals surface area contributed by atoms with E-state index in [1.54, 1.807) is 6.92 Å². The molecule has 0 aliphatic heterocycles. The van der Waals surface area contributed by atoms with Crippen LogP contribution in [-0.4, -0.2) is 44.1 Å². The standard InChI is InChI=1S/C18H25N3O4/c1-3-21(12-17(23)20-18(24)25-4-2)11-16(22)19-15-9-8-13-6-5-7-14(13)10-15/h8-10H,3-7,11-12H2,1-2H3,(H,19,22)(H,20,23,24)/p+1. The Kier molecular flexibility index (Phi) is 6.94. The normalized spacial score (nSPS) is 13.7. The molecule has 136 valence electrons. The highest BCUT2D eigenvalue weighted by molar-refractivity contribution is 5.93. The number of benzene rings is 1. The maximum absolute atomic E-state index is 12.2. The SMILES string of the molecule is CCOC(=O)NC(=O)C[NH+](CC)CC(=O)Nc1ccc2c(c1)CCC2. The van der Waals surface area contributed by atoms with E-state index in [0.29, 0.717) is 6.54 Å². The molecule has 7 nitrogen and oxygen atoms in total. The molecule has 0 aromatic heterocycles.